The summed E-state index contributed by atoms with van der Waals surface area (Å²) in [7, 11) is 0. The number of carbonyl (C=O) groups is 1. The standard InChI is InChI=1S/C19H28N4O3.HI/c1-2-20-19(21-13-18(24)22-15-7-4-3-5-8-15)23-10-12-26-17(14-23)16-9-6-11-25-16;/h3-5,7-8,16-17H,2,6,9-14H2,1H3,(H,20,21)(H,22,24);1H. The third-order valence-corrected chi connectivity index (χ3v) is 4.54. The van der Waals surface area contributed by atoms with Gasteiger partial charge in [0.2, 0.25) is 5.91 Å². The van der Waals surface area contributed by atoms with Gasteiger partial charge in [0.25, 0.3) is 0 Å². The molecule has 0 aromatic heterocycles. The van der Waals surface area contributed by atoms with Gasteiger partial charge in [-0.25, -0.2) is 4.99 Å². The molecule has 150 valence electrons. The van der Waals surface area contributed by atoms with E-state index in [2.05, 4.69) is 20.5 Å². The van der Waals surface area contributed by atoms with Gasteiger partial charge in [-0.05, 0) is 31.9 Å². The highest BCUT2D eigenvalue weighted by atomic mass is 127. The second-order valence-electron chi connectivity index (χ2n) is 6.49. The molecule has 2 N–H and O–H groups in total. The maximum absolute atomic E-state index is 12.2. The molecule has 0 bridgehead atoms. The predicted octanol–water partition coefficient (Wildman–Crippen LogP) is 2.09. The second kappa shape index (κ2) is 11.5. The molecule has 0 saturated carbocycles. The van der Waals surface area contributed by atoms with Crippen molar-refractivity contribution in [1.82, 2.24) is 10.2 Å². The number of halogens is 1. The quantitative estimate of drug-likeness (QED) is 0.377. The van der Waals surface area contributed by atoms with E-state index in [0.717, 1.165) is 50.7 Å². The van der Waals surface area contributed by atoms with Crippen LogP contribution in [0.3, 0.4) is 0 Å². The first-order valence-corrected chi connectivity index (χ1v) is 9.37. The summed E-state index contributed by atoms with van der Waals surface area (Å²) in [6.45, 7) is 5.81. The number of aliphatic imine (C=N–C) groups is 1. The fraction of sp³-hybridized carbons (Fsp3) is 0.579. The molecule has 2 aliphatic heterocycles. The lowest BCUT2D eigenvalue weighted by Crippen LogP contribution is -2.53. The third-order valence-electron chi connectivity index (χ3n) is 4.54. The minimum absolute atomic E-state index is 0. The molecule has 7 nitrogen and oxygen atoms in total. The summed E-state index contributed by atoms with van der Waals surface area (Å²) >= 11 is 0. The van der Waals surface area contributed by atoms with Crippen molar-refractivity contribution in [3.63, 3.8) is 0 Å². The van der Waals surface area contributed by atoms with E-state index in [4.69, 9.17) is 9.47 Å². The van der Waals surface area contributed by atoms with E-state index in [1.807, 2.05) is 37.3 Å². The lowest BCUT2D eigenvalue weighted by atomic mass is 10.1. The molecule has 2 saturated heterocycles. The normalized spacial score (nSPS) is 22.9. The van der Waals surface area contributed by atoms with Gasteiger partial charge >= 0.3 is 0 Å². The monoisotopic (exact) mass is 488 g/mol. The molecule has 1 aromatic carbocycles. The van der Waals surface area contributed by atoms with Crippen LogP contribution in [0.4, 0.5) is 5.69 Å². The molecule has 1 amide bonds. The number of ether oxygens (including phenoxy) is 2. The summed E-state index contributed by atoms with van der Waals surface area (Å²) in [5.74, 6) is 0.623. The number of anilines is 1. The Hall–Kier alpha value is -1.39. The Morgan fingerprint density at radius 3 is 2.70 bits per heavy atom. The minimum atomic E-state index is -0.129. The molecule has 1 aromatic rings. The van der Waals surface area contributed by atoms with Gasteiger partial charge in [-0.1, -0.05) is 18.2 Å². The molecule has 2 fully saturated rings. The van der Waals surface area contributed by atoms with Crippen LogP contribution in [0.5, 0.6) is 0 Å². The highest BCUT2D eigenvalue weighted by Gasteiger charge is 2.32. The highest BCUT2D eigenvalue weighted by Crippen LogP contribution is 2.21. The maximum atomic E-state index is 12.2. The van der Waals surface area contributed by atoms with Crippen LogP contribution < -0.4 is 10.6 Å². The third kappa shape index (κ3) is 6.62. The number of carbonyl (C=O) groups excluding carboxylic acids is 1. The van der Waals surface area contributed by atoms with Crippen LogP contribution in [0.25, 0.3) is 0 Å². The lowest BCUT2D eigenvalue weighted by Gasteiger charge is -2.37. The Morgan fingerprint density at radius 2 is 2.00 bits per heavy atom. The Kier molecular flexibility index (Phi) is 9.29. The van der Waals surface area contributed by atoms with Crippen molar-refractivity contribution in [2.75, 3.05) is 44.7 Å². The first-order valence-electron chi connectivity index (χ1n) is 9.37. The highest BCUT2D eigenvalue weighted by molar-refractivity contribution is 14.0. The van der Waals surface area contributed by atoms with Crippen LogP contribution in [0.2, 0.25) is 0 Å². The fourth-order valence-corrected chi connectivity index (χ4v) is 3.28. The van der Waals surface area contributed by atoms with Gasteiger partial charge < -0.3 is 25.0 Å². The average Bonchev–Trinajstić information content (AvgIpc) is 3.21. The van der Waals surface area contributed by atoms with Crippen molar-refractivity contribution in [3.8, 4) is 0 Å². The SMILES string of the molecule is CCNC(=NCC(=O)Nc1ccccc1)N1CCOC(C2CCCO2)C1.I. The van der Waals surface area contributed by atoms with Crippen molar-refractivity contribution in [2.45, 2.75) is 32.0 Å². The van der Waals surface area contributed by atoms with Gasteiger partial charge in [0, 0.05) is 31.9 Å². The zero-order valence-electron chi connectivity index (χ0n) is 15.7. The molecule has 27 heavy (non-hydrogen) atoms. The summed E-state index contributed by atoms with van der Waals surface area (Å²) < 4.78 is 11.7. The van der Waals surface area contributed by atoms with Crippen molar-refractivity contribution in [3.05, 3.63) is 30.3 Å². The van der Waals surface area contributed by atoms with E-state index in [1.54, 1.807) is 0 Å². The van der Waals surface area contributed by atoms with Gasteiger partial charge in [-0.3, -0.25) is 4.79 Å². The van der Waals surface area contributed by atoms with Crippen LogP contribution >= 0.6 is 24.0 Å². The number of rotatable bonds is 5. The summed E-state index contributed by atoms with van der Waals surface area (Å²) in [6.07, 6.45) is 2.37. The van der Waals surface area contributed by atoms with Gasteiger partial charge in [0.1, 0.15) is 12.6 Å². The molecule has 2 unspecified atom stereocenters. The van der Waals surface area contributed by atoms with Crippen LogP contribution in [0, 0.1) is 0 Å². The number of hydrogen-bond donors (Lipinski definition) is 2. The minimum Gasteiger partial charge on any atom is -0.375 e. The van der Waals surface area contributed by atoms with Gasteiger partial charge in [0.15, 0.2) is 5.96 Å². The van der Waals surface area contributed by atoms with Crippen molar-refractivity contribution >= 4 is 41.5 Å². The maximum Gasteiger partial charge on any atom is 0.246 e. The number of para-hydroxylation sites is 1. The fourth-order valence-electron chi connectivity index (χ4n) is 3.28. The molecule has 2 atom stereocenters. The first-order chi connectivity index (χ1) is 12.8. The van der Waals surface area contributed by atoms with E-state index in [9.17, 15) is 4.79 Å². The molecular weight excluding hydrogens is 459 g/mol. The van der Waals surface area contributed by atoms with Crippen molar-refractivity contribution < 1.29 is 14.3 Å². The second-order valence-corrected chi connectivity index (χ2v) is 6.49. The van der Waals surface area contributed by atoms with Gasteiger partial charge in [0.05, 0.1) is 12.7 Å². The molecule has 0 aliphatic carbocycles. The van der Waals surface area contributed by atoms with E-state index in [0.29, 0.717) is 6.61 Å². The molecule has 0 spiro atoms. The molecular formula is C19H29IN4O3. The summed E-state index contributed by atoms with van der Waals surface area (Å²) in [5.41, 5.74) is 0.780. The van der Waals surface area contributed by atoms with E-state index in [-0.39, 0.29) is 48.6 Å². The van der Waals surface area contributed by atoms with Crippen molar-refractivity contribution in [1.29, 1.82) is 0 Å². The number of amides is 1. The van der Waals surface area contributed by atoms with Crippen LogP contribution in [-0.4, -0.2) is 68.4 Å². The van der Waals surface area contributed by atoms with E-state index < -0.39 is 0 Å². The number of hydrogen-bond acceptors (Lipinski definition) is 4. The van der Waals surface area contributed by atoms with Gasteiger partial charge in [-0.15, -0.1) is 24.0 Å². The Balaban J connectivity index is 0.00000261. The van der Waals surface area contributed by atoms with Crippen LogP contribution in [0.15, 0.2) is 35.3 Å². The lowest BCUT2D eigenvalue weighted by molar-refractivity contribution is -0.114. The topological polar surface area (TPSA) is 75.2 Å². The Bertz CT molecular complexity index is 608. The van der Waals surface area contributed by atoms with Crippen molar-refractivity contribution in [2.24, 2.45) is 4.99 Å². The predicted molar refractivity (Wildman–Crippen MR) is 117 cm³/mol. The van der Waals surface area contributed by atoms with Crippen LogP contribution in [0.1, 0.15) is 19.8 Å². The Morgan fingerprint density at radius 1 is 1.22 bits per heavy atom. The van der Waals surface area contributed by atoms with E-state index >= 15 is 0 Å². The number of nitrogens with one attached hydrogen (secondary N) is 2. The van der Waals surface area contributed by atoms with Crippen LogP contribution in [-0.2, 0) is 14.3 Å². The molecule has 3 rings (SSSR count). The largest absolute Gasteiger partial charge is 0.375 e. The summed E-state index contributed by atoms with van der Waals surface area (Å²) in [5, 5.41) is 6.14. The molecule has 2 aliphatic rings. The Labute approximate surface area is 177 Å². The first kappa shape index (κ1) is 21.9. The number of nitrogens with zero attached hydrogens (tertiary/aromatic N) is 2. The smallest absolute Gasteiger partial charge is 0.246 e. The average molecular weight is 488 g/mol. The zero-order valence-corrected chi connectivity index (χ0v) is 18.1. The summed E-state index contributed by atoms with van der Waals surface area (Å²) in [4.78, 5) is 18.8. The number of benzene rings is 1. The molecule has 0 radical (unpaired) electrons. The van der Waals surface area contributed by atoms with E-state index in [1.165, 1.54) is 0 Å². The summed E-state index contributed by atoms with van der Waals surface area (Å²) in [6, 6.07) is 9.42. The molecule has 8 heteroatoms. The number of guanidine groups is 1. The van der Waals surface area contributed by atoms with Gasteiger partial charge in [-0.2, -0.15) is 0 Å². The number of morpholine rings is 1. The zero-order chi connectivity index (χ0) is 18.2. The molecule has 2 heterocycles.